The van der Waals surface area contributed by atoms with Crippen molar-refractivity contribution in [2.45, 2.75) is 26.7 Å². The average Bonchev–Trinajstić information content (AvgIpc) is 2.59. The van der Waals surface area contributed by atoms with Gasteiger partial charge in [0.1, 0.15) is 0 Å². The first-order valence-corrected chi connectivity index (χ1v) is 6.09. The Bertz CT molecular complexity index is 195. The molecule has 1 aliphatic heterocycles. The summed E-state index contributed by atoms with van der Waals surface area (Å²) in [5.41, 5.74) is 0. The zero-order valence-corrected chi connectivity index (χ0v) is 9.45. The van der Waals surface area contributed by atoms with E-state index in [0.29, 0.717) is 12.5 Å². The first kappa shape index (κ1) is 10.4. The molecule has 1 aliphatic carbocycles. The molecule has 0 aromatic carbocycles. The van der Waals surface area contributed by atoms with E-state index in [2.05, 4.69) is 18.7 Å². The molecule has 0 aromatic rings. The Morgan fingerprint density at radius 1 is 1.21 bits per heavy atom. The monoisotopic (exact) mass is 197 g/mol. The summed E-state index contributed by atoms with van der Waals surface area (Å²) >= 11 is 0. The zero-order valence-electron chi connectivity index (χ0n) is 9.45. The van der Waals surface area contributed by atoms with Crippen LogP contribution in [0.3, 0.4) is 0 Å². The maximum Gasteiger partial charge on any atom is 0.0474 e. The summed E-state index contributed by atoms with van der Waals surface area (Å²) in [7, 11) is 0. The van der Waals surface area contributed by atoms with Gasteiger partial charge in [-0.1, -0.05) is 20.3 Å². The van der Waals surface area contributed by atoms with Gasteiger partial charge in [0, 0.05) is 19.7 Å². The van der Waals surface area contributed by atoms with Crippen LogP contribution in [0.4, 0.5) is 0 Å². The van der Waals surface area contributed by atoms with Crippen molar-refractivity contribution in [3.8, 4) is 0 Å². The SMILES string of the molecule is CCN1CC(CO)C2CCC(C)C2C1. The zero-order chi connectivity index (χ0) is 10.1. The predicted octanol–water partition coefficient (Wildman–Crippen LogP) is 1.59. The fourth-order valence-electron chi connectivity index (χ4n) is 3.50. The number of aliphatic hydroxyl groups is 1. The van der Waals surface area contributed by atoms with Crippen molar-refractivity contribution < 1.29 is 5.11 Å². The molecule has 14 heavy (non-hydrogen) atoms. The second-order valence-electron chi connectivity index (χ2n) is 5.18. The van der Waals surface area contributed by atoms with Crippen LogP contribution in [-0.4, -0.2) is 36.2 Å². The minimum Gasteiger partial charge on any atom is -0.396 e. The Morgan fingerprint density at radius 3 is 2.64 bits per heavy atom. The summed E-state index contributed by atoms with van der Waals surface area (Å²) in [4.78, 5) is 2.52. The van der Waals surface area contributed by atoms with E-state index in [1.54, 1.807) is 0 Å². The lowest BCUT2D eigenvalue weighted by Gasteiger charge is -2.41. The molecule has 0 spiro atoms. The molecule has 2 rings (SSSR count). The van der Waals surface area contributed by atoms with Crippen LogP contribution in [0.2, 0.25) is 0 Å². The molecule has 0 aromatic heterocycles. The fraction of sp³-hybridized carbons (Fsp3) is 1.00. The summed E-state index contributed by atoms with van der Waals surface area (Å²) in [6.45, 7) is 8.56. The lowest BCUT2D eigenvalue weighted by Crippen LogP contribution is -2.46. The quantitative estimate of drug-likeness (QED) is 0.726. The highest BCUT2D eigenvalue weighted by Gasteiger charge is 2.42. The molecular formula is C12H23NO. The molecule has 1 saturated heterocycles. The molecule has 1 saturated carbocycles. The Hall–Kier alpha value is -0.0800. The highest BCUT2D eigenvalue weighted by Crippen LogP contribution is 2.44. The summed E-state index contributed by atoms with van der Waals surface area (Å²) in [6, 6.07) is 0. The first-order valence-electron chi connectivity index (χ1n) is 6.09. The Balaban J connectivity index is 2.06. The van der Waals surface area contributed by atoms with Gasteiger partial charge in [-0.25, -0.2) is 0 Å². The molecule has 4 unspecified atom stereocenters. The summed E-state index contributed by atoms with van der Waals surface area (Å²) in [5.74, 6) is 3.11. The highest BCUT2D eigenvalue weighted by molar-refractivity contribution is 4.93. The third-order valence-corrected chi connectivity index (χ3v) is 4.49. The third kappa shape index (κ3) is 1.70. The third-order valence-electron chi connectivity index (χ3n) is 4.49. The average molecular weight is 197 g/mol. The molecule has 2 fully saturated rings. The van der Waals surface area contributed by atoms with E-state index in [0.717, 1.165) is 30.8 Å². The smallest absolute Gasteiger partial charge is 0.0474 e. The molecule has 2 nitrogen and oxygen atoms in total. The second kappa shape index (κ2) is 4.19. The number of piperidine rings is 1. The predicted molar refractivity (Wildman–Crippen MR) is 58.1 cm³/mol. The molecule has 1 heterocycles. The number of likely N-dealkylation sites (tertiary alicyclic amines) is 1. The van der Waals surface area contributed by atoms with Crippen LogP contribution in [0.5, 0.6) is 0 Å². The van der Waals surface area contributed by atoms with Gasteiger partial charge in [0.25, 0.3) is 0 Å². The standard InChI is InChI=1S/C12H23NO/c1-3-13-6-10(8-14)11-5-4-9(2)12(11)7-13/h9-12,14H,3-8H2,1-2H3. The Labute approximate surface area is 87.3 Å². The normalized spacial score (nSPS) is 43.9. The van der Waals surface area contributed by atoms with Crippen molar-refractivity contribution in [3.05, 3.63) is 0 Å². The van der Waals surface area contributed by atoms with Crippen molar-refractivity contribution in [2.24, 2.45) is 23.7 Å². The minimum absolute atomic E-state index is 0.393. The Kier molecular flexibility index (Phi) is 3.13. The number of hydrogen-bond donors (Lipinski definition) is 1. The molecule has 0 bridgehead atoms. The van der Waals surface area contributed by atoms with Gasteiger partial charge in [0.05, 0.1) is 0 Å². The fourth-order valence-corrected chi connectivity index (χ4v) is 3.50. The summed E-state index contributed by atoms with van der Waals surface area (Å²) in [5, 5.41) is 9.41. The van der Waals surface area contributed by atoms with Crippen molar-refractivity contribution in [1.29, 1.82) is 0 Å². The number of rotatable bonds is 2. The van der Waals surface area contributed by atoms with E-state index in [-0.39, 0.29) is 0 Å². The van der Waals surface area contributed by atoms with Crippen LogP contribution in [0.1, 0.15) is 26.7 Å². The van der Waals surface area contributed by atoms with Gasteiger partial charge in [-0.2, -0.15) is 0 Å². The lowest BCUT2D eigenvalue weighted by molar-refractivity contribution is 0.0356. The van der Waals surface area contributed by atoms with Crippen molar-refractivity contribution in [2.75, 3.05) is 26.2 Å². The second-order valence-corrected chi connectivity index (χ2v) is 5.18. The van der Waals surface area contributed by atoms with Gasteiger partial charge in [0.15, 0.2) is 0 Å². The van der Waals surface area contributed by atoms with Crippen molar-refractivity contribution in [1.82, 2.24) is 4.90 Å². The van der Waals surface area contributed by atoms with Crippen LogP contribution in [0, 0.1) is 23.7 Å². The maximum atomic E-state index is 9.41. The van der Waals surface area contributed by atoms with Gasteiger partial charge in [0.2, 0.25) is 0 Å². The Morgan fingerprint density at radius 2 is 2.00 bits per heavy atom. The molecule has 1 N–H and O–H groups in total. The molecule has 4 atom stereocenters. The van der Waals surface area contributed by atoms with Gasteiger partial charge in [-0.3, -0.25) is 0 Å². The maximum absolute atomic E-state index is 9.41. The van der Waals surface area contributed by atoms with E-state index in [1.807, 2.05) is 0 Å². The number of nitrogens with zero attached hydrogens (tertiary/aromatic N) is 1. The molecule has 2 aliphatic rings. The molecule has 2 heteroatoms. The van der Waals surface area contributed by atoms with E-state index < -0.39 is 0 Å². The van der Waals surface area contributed by atoms with Crippen LogP contribution < -0.4 is 0 Å². The van der Waals surface area contributed by atoms with Gasteiger partial charge in [-0.15, -0.1) is 0 Å². The molecule has 0 amide bonds. The largest absolute Gasteiger partial charge is 0.396 e. The lowest BCUT2D eigenvalue weighted by atomic mass is 9.78. The van der Waals surface area contributed by atoms with E-state index in [1.165, 1.54) is 19.4 Å². The topological polar surface area (TPSA) is 23.5 Å². The number of fused-ring (bicyclic) bond motifs is 1. The van der Waals surface area contributed by atoms with E-state index in [9.17, 15) is 5.11 Å². The van der Waals surface area contributed by atoms with Crippen LogP contribution in [-0.2, 0) is 0 Å². The summed E-state index contributed by atoms with van der Waals surface area (Å²) in [6.07, 6.45) is 2.73. The van der Waals surface area contributed by atoms with Crippen LogP contribution in [0.15, 0.2) is 0 Å². The van der Waals surface area contributed by atoms with Crippen molar-refractivity contribution >= 4 is 0 Å². The highest BCUT2D eigenvalue weighted by atomic mass is 16.3. The van der Waals surface area contributed by atoms with Gasteiger partial charge >= 0.3 is 0 Å². The van der Waals surface area contributed by atoms with E-state index in [4.69, 9.17) is 0 Å². The van der Waals surface area contributed by atoms with Gasteiger partial charge < -0.3 is 10.0 Å². The molecular weight excluding hydrogens is 174 g/mol. The molecule has 0 radical (unpaired) electrons. The van der Waals surface area contributed by atoms with Crippen molar-refractivity contribution in [3.63, 3.8) is 0 Å². The molecule has 82 valence electrons. The van der Waals surface area contributed by atoms with Crippen LogP contribution in [0.25, 0.3) is 0 Å². The van der Waals surface area contributed by atoms with E-state index >= 15 is 0 Å². The first-order chi connectivity index (χ1) is 6.76. The summed E-state index contributed by atoms with van der Waals surface area (Å²) < 4.78 is 0. The van der Waals surface area contributed by atoms with Gasteiger partial charge in [-0.05, 0) is 36.6 Å². The number of aliphatic hydroxyl groups excluding tert-OH is 1. The number of hydrogen-bond acceptors (Lipinski definition) is 2. The van der Waals surface area contributed by atoms with Crippen LogP contribution >= 0.6 is 0 Å². The minimum atomic E-state index is 0.393.